The second-order valence-electron chi connectivity index (χ2n) is 9.39. The second kappa shape index (κ2) is 11.5. The molecule has 0 saturated carbocycles. The lowest BCUT2D eigenvalue weighted by atomic mass is 9.68. The topological polar surface area (TPSA) is 117 Å². The van der Waals surface area contributed by atoms with E-state index in [1.165, 1.54) is 16.9 Å². The highest BCUT2D eigenvalue weighted by Gasteiger charge is 2.55. The predicted octanol–water partition coefficient (Wildman–Crippen LogP) is 4.69. The Morgan fingerprint density at radius 3 is 2.30 bits per heavy atom. The van der Waals surface area contributed by atoms with Gasteiger partial charge in [-0.2, -0.15) is 0 Å². The summed E-state index contributed by atoms with van der Waals surface area (Å²) in [5, 5.41) is 21.4. The first-order chi connectivity index (χ1) is 17.4. The van der Waals surface area contributed by atoms with Crippen molar-refractivity contribution < 1.29 is 19.5 Å². The van der Waals surface area contributed by atoms with E-state index in [2.05, 4.69) is 15.6 Å². The Labute approximate surface area is 229 Å². The van der Waals surface area contributed by atoms with Crippen molar-refractivity contribution in [1.82, 2.24) is 19.9 Å². The first-order valence-electron chi connectivity index (χ1n) is 11.2. The van der Waals surface area contributed by atoms with Gasteiger partial charge in [0, 0.05) is 11.4 Å². The van der Waals surface area contributed by atoms with Crippen LogP contribution in [0.3, 0.4) is 0 Å². The number of alkyl halides is 1. The SMILES string of the molecule is CC(C)(C)[C@](Cc1ccccc1)(C(=O)O)N(CC(=O)Nc1cc(Cl)ccc1-n1cc(Cl)nn1)C(=O)CCl. The fourth-order valence-corrected chi connectivity index (χ4v) is 4.62. The van der Waals surface area contributed by atoms with Crippen molar-refractivity contribution in [2.45, 2.75) is 32.7 Å². The molecule has 2 amide bonds. The van der Waals surface area contributed by atoms with E-state index >= 15 is 0 Å². The zero-order valence-corrected chi connectivity index (χ0v) is 22.7. The van der Waals surface area contributed by atoms with Crippen molar-refractivity contribution in [1.29, 1.82) is 0 Å². The molecule has 0 unspecified atom stereocenters. The molecule has 0 bridgehead atoms. The smallest absolute Gasteiger partial charge is 0.330 e. The van der Waals surface area contributed by atoms with Crippen LogP contribution in [0.1, 0.15) is 26.3 Å². The normalized spacial score (nSPS) is 13.0. The molecule has 3 rings (SSSR count). The fraction of sp³-hybridized carbons (Fsp3) is 0.320. The van der Waals surface area contributed by atoms with Crippen LogP contribution in [0.15, 0.2) is 54.7 Å². The summed E-state index contributed by atoms with van der Waals surface area (Å²) in [6.45, 7) is 4.55. The Bertz CT molecular complexity index is 1290. The number of rotatable bonds is 9. The van der Waals surface area contributed by atoms with Gasteiger partial charge in [0.05, 0.1) is 17.6 Å². The van der Waals surface area contributed by atoms with Crippen molar-refractivity contribution in [3.8, 4) is 5.69 Å². The van der Waals surface area contributed by atoms with Crippen LogP contribution >= 0.6 is 34.8 Å². The molecule has 2 aromatic carbocycles. The van der Waals surface area contributed by atoms with E-state index in [0.717, 1.165) is 4.90 Å². The molecule has 1 heterocycles. The number of hydrogen-bond donors (Lipinski definition) is 2. The molecule has 12 heteroatoms. The molecule has 0 fully saturated rings. The minimum absolute atomic E-state index is 0.0392. The van der Waals surface area contributed by atoms with Gasteiger partial charge in [-0.15, -0.1) is 16.7 Å². The monoisotopic (exact) mass is 565 g/mol. The summed E-state index contributed by atoms with van der Waals surface area (Å²) in [6.07, 6.45) is 1.40. The Hall–Kier alpha value is -3.14. The molecule has 0 aliphatic heterocycles. The van der Waals surface area contributed by atoms with E-state index in [0.29, 0.717) is 16.3 Å². The van der Waals surface area contributed by atoms with E-state index in [-0.39, 0.29) is 17.3 Å². The van der Waals surface area contributed by atoms with E-state index in [1.54, 1.807) is 57.2 Å². The third-order valence-electron chi connectivity index (χ3n) is 6.02. The molecule has 0 aliphatic carbocycles. The van der Waals surface area contributed by atoms with Gasteiger partial charge < -0.3 is 15.3 Å². The van der Waals surface area contributed by atoms with Gasteiger partial charge in [-0.1, -0.05) is 79.5 Å². The van der Waals surface area contributed by atoms with Crippen molar-refractivity contribution in [2.24, 2.45) is 5.41 Å². The molecule has 1 atom stereocenters. The maximum atomic E-state index is 13.3. The summed E-state index contributed by atoms with van der Waals surface area (Å²) in [5.74, 6) is -3.11. The van der Waals surface area contributed by atoms with Crippen molar-refractivity contribution >= 4 is 58.3 Å². The van der Waals surface area contributed by atoms with Crippen molar-refractivity contribution in [2.75, 3.05) is 17.7 Å². The Kier molecular flexibility index (Phi) is 8.84. The van der Waals surface area contributed by atoms with Gasteiger partial charge in [-0.25, -0.2) is 9.48 Å². The fourth-order valence-electron chi connectivity index (χ4n) is 4.18. The van der Waals surface area contributed by atoms with Crippen LogP contribution in [-0.4, -0.2) is 60.7 Å². The lowest BCUT2D eigenvalue weighted by Crippen LogP contribution is -2.67. The van der Waals surface area contributed by atoms with Crippen molar-refractivity contribution in [3.63, 3.8) is 0 Å². The average molecular weight is 567 g/mol. The molecule has 3 aromatic rings. The lowest BCUT2D eigenvalue weighted by molar-refractivity contribution is -0.168. The lowest BCUT2D eigenvalue weighted by Gasteiger charge is -2.48. The van der Waals surface area contributed by atoms with Crippen LogP contribution < -0.4 is 5.32 Å². The third kappa shape index (κ3) is 6.23. The van der Waals surface area contributed by atoms with E-state index in [1.807, 2.05) is 6.07 Å². The molecule has 196 valence electrons. The highest BCUT2D eigenvalue weighted by Crippen LogP contribution is 2.40. The van der Waals surface area contributed by atoms with Gasteiger partial charge in [0.1, 0.15) is 18.0 Å². The molecule has 0 saturated heterocycles. The zero-order chi connectivity index (χ0) is 27.4. The van der Waals surface area contributed by atoms with Gasteiger partial charge in [-0.05, 0) is 29.2 Å². The van der Waals surface area contributed by atoms with E-state index < -0.39 is 41.2 Å². The molecule has 0 aliphatic rings. The number of anilines is 1. The van der Waals surface area contributed by atoms with Crippen molar-refractivity contribution in [3.05, 3.63) is 70.5 Å². The average Bonchev–Trinajstić information content (AvgIpc) is 3.26. The van der Waals surface area contributed by atoms with Gasteiger partial charge in [-0.3, -0.25) is 9.59 Å². The number of hydrogen-bond acceptors (Lipinski definition) is 5. The molecular weight excluding hydrogens is 541 g/mol. The molecule has 0 radical (unpaired) electrons. The van der Waals surface area contributed by atoms with Gasteiger partial charge in [0.25, 0.3) is 0 Å². The Balaban J connectivity index is 2.03. The van der Waals surface area contributed by atoms with E-state index in [4.69, 9.17) is 34.8 Å². The number of carboxylic acid groups (broad SMARTS) is 1. The summed E-state index contributed by atoms with van der Waals surface area (Å²) in [7, 11) is 0. The van der Waals surface area contributed by atoms with Crippen LogP contribution in [0.2, 0.25) is 10.2 Å². The maximum absolute atomic E-state index is 13.3. The molecule has 2 N–H and O–H groups in total. The number of carboxylic acids is 1. The molecule has 9 nitrogen and oxygen atoms in total. The predicted molar refractivity (Wildman–Crippen MR) is 142 cm³/mol. The molecule has 1 aromatic heterocycles. The van der Waals surface area contributed by atoms with Gasteiger partial charge in [0.2, 0.25) is 11.8 Å². The number of carbonyl (C=O) groups is 3. The number of benzene rings is 2. The standard InChI is InChI=1S/C25H26Cl3N5O4/c1-24(2,3)25(23(36)37,12-16-7-5-4-6-8-16)32(22(35)13-26)15-21(34)29-18-11-17(27)9-10-19(18)33-14-20(28)30-31-33/h4-11,14H,12-13,15H2,1-3H3,(H,29,34)(H,36,37)/t25-/m0/s1. The zero-order valence-electron chi connectivity index (χ0n) is 20.4. The first-order valence-corrected chi connectivity index (χ1v) is 12.5. The van der Waals surface area contributed by atoms with Crippen LogP contribution in [0.25, 0.3) is 5.69 Å². The van der Waals surface area contributed by atoms with Crippen LogP contribution in [0.4, 0.5) is 5.69 Å². The highest BCUT2D eigenvalue weighted by molar-refractivity contribution is 6.31. The Morgan fingerprint density at radius 1 is 1.08 bits per heavy atom. The van der Waals surface area contributed by atoms with Crippen LogP contribution in [0.5, 0.6) is 0 Å². The summed E-state index contributed by atoms with van der Waals surface area (Å²) < 4.78 is 1.35. The molecule has 37 heavy (non-hydrogen) atoms. The minimum Gasteiger partial charge on any atom is -0.479 e. The summed E-state index contributed by atoms with van der Waals surface area (Å²) in [5.41, 5.74) is -1.43. The summed E-state index contributed by atoms with van der Waals surface area (Å²) in [4.78, 5) is 40.4. The summed E-state index contributed by atoms with van der Waals surface area (Å²) in [6, 6.07) is 13.6. The van der Waals surface area contributed by atoms with Crippen LogP contribution in [0, 0.1) is 5.41 Å². The maximum Gasteiger partial charge on any atom is 0.330 e. The Morgan fingerprint density at radius 2 is 1.76 bits per heavy atom. The largest absolute Gasteiger partial charge is 0.479 e. The number of halogens is 3. The quantitative estimate of drug-likeness (QED) is 0.363. The second-order valence-corrected chi connectivity index (χ2v) is 10.5. The van der Waals surface area contributed by atoms with Gasteiger partial charge in [0.15, 0.2) is 5.15 Å². The third-order valence-corrected chi connectivity index (χ3v) is 6.66. The highest BCUT2D eigenvalue weighted by atomic mass is 35.5. The summed E-state index contributed by atoms with van der Waals surface area (Å²) >= 11 is 18.0. The number of carbonyl (C=O) groups excluding carboxylic acids is 2. The molecular formula is C25H26Cl3N5O4. The van der Waals surface area contributed by atoms with E-state index in [9.17, 15) is 19.5 Å². The minimum atomic E-state index is -1.80. The number of amides is 2. The number of aromatic nitrogens is 3. The number of nitrogens with zero attached hydrogens (tertiary/aromatic N) is 4. The number of nitrogens with one attached hydrogen (secondary N) is 1. The first kappa shape index (κ1) is 28.4. The van der Waals surface area contributed by atoms with Crippen LogP contribution in [-0.2, 0) is 20.8 Å². The molecule has 0 spiro atoms. The number of aliphatic carboxylic acids is 1. The van der Waals surface area contributed by atoms with Gasteiger partial charge >= 0.3 is 5.97 Å².